The molecule has 0 radical (unpaired) electrons. The zero-order valence-electron chi connectivity index (χ0n) is 24.5. The van der Waals surface area contributed by atoms with Crippen molar-refractivity contribution < 1.29 is 27.9 Å². The molecule has 0 spiro atoms. The number of carbonyl (C=O) groups is 2. The zero-order valence-corrected chi connectivity index (χ0v) is 25.3. The first kappa shape index (κ1) is 28.6. The summed E-state index contributed by atoms with van der Waals surface area (Å²) in [6.07, 6.45) is 6.05. The van der Waals surface area contributed by atoms with Gasteiger partial charge in [0, 0.05) is 41.0 Å². The molecule has 9 nitrogen and oxygen atoms in total. The molecule has 3 N–H and O–H groups in total. The van der Waals surface area contributed by atoms with Gasteiger partial charge in [-0.3, -0.25) is 9.59 Å². The van der Waals surface area contributed by atoms with E-state index in [1.807, 2.05) is 42.5 Å². The number of benzene rings is 3. The Morgan fingerprint density at radius 1 is 1.02 bits per heavy atom. The Labute approximate surface area is 256 Å². The Hall–Kier alpha value is -4.15. The molecule has 0 saturated heterocycles. The summed E-state index contributed by atoms with van der Waals surface area (Å²) in [7, 11) is -2.52. The Kier molecular flexibility index (Phi) is 7.01. The molecule has 2 atom stereocenters. The number of ether oxygens (including phenoxy) is 1. The third-order valence-corrected chi connectivity index (χ3v) is 10.7. The van der Waals surface area contributed by atoms with Gasteiger partial charge in [0.15, 0.2) is 0 Å². The number of nitrogens with zero attached hydrogens (tertiary/aromatic N) is 1. The fourth-order valence-electron chi connectivity index (χ4n) is 7.41. The van der Waals surface area contributed by atoms with Gasteiger partial charge in [-0.2, -0.15) is 13.1 Å². The molecule has 0 bridgehead atoms. The highest BCUT2D eigenvalue weighted by molar-refractivity contribution is 7.88. The van der Waals surface area contributed by atoms with E-state index in [0.717, 1.165) is 59.0 Å². The van der Waals surface area contributed by atoms with Crippen molar-refractivity contribution >= 4 is 33.0 Å². The van der Waals surface area contributed by atoms with Crippen molar-refractivity contribution in [2.75, 3.05) is 7.11 Å². The number of amides is 1. The number of hydrogen-bond donors (Lipinski definition) is 3. The number of rotatable bonds is 8. The normalized spacial score (nSPS) is 21.1. The van der Waals surface area contributed by atoms with Gasteiger partial charge in [-0.1, -0.05) is 55.7 Å². The van der Waals surface area contributed by atoms with Gasteiger partial charge >= 0.3 is 16.2 Å². The molecule has 228 valence electrons. The third-order valence-electron chi connectivity index (χ3n) is 9.75. The highest BCUT2D eigenvalue weighted by Crippen LogP contribution is 2.65. The van der Waals surface area contributed by atoms with Crippen molar-refractivity contribution in [3.05, 3.63) is 89.0 Å². The monoisotopic (exact) mass is 613 g/mol. The molecule has 4 aromatic rings. The first-order chi connectivity index (χ1) is 21.2. The highest BCUT2D eigenvalue weighted by Gasteiger charge is 2.63. The van der Waals surface area contributed by atoms with Crippen LogP contribution in [0.15, 0.2) is 66.7 Å². The number of aliphatic carboxylic acids is 1. The zero-order chi connectivity index (χ0) is 30.6. The molecular formula is C34H35N3O6S. The summed E-state index contributed by atoms with van der Waals surface area (Å²) in [5.41, 5.74) is 4.92. The quantitative estimate of drug-likeness (QED) is 0.234. The standard InChI is InChI=1S/C34H35N3O6S/c1-43-24-13-15-25-27(17-24)28-18-34(28,33(39)40)20-37-29-16-23(12-14-26(29)30(31(25)37)22-10-6-3-7-11-22)32(38)36-44(41,42)35-19-21-8-4-2-5-9-21/h2,4-5,8-9,12-17,22,28,35H,3,6-7,10-11,18-20H2,1H3,(H,36,38)(H,39,40). The summed E-state index contributed by atoms with van der Waals surface area (Å²) in [6, 6.07) is 20.3. The first-order valence-electron chi connectivity index (χ1n) is 15.1. The maximum Gasteiger partial charge on any atom is 0.312 e. The van der Waals surface area contributed by atoms with Crippen LogP contribution in [0.25, 0.3) is 22.2 Å². The fourth-order valence-corrected chi connectivity index (χ4v) is 8.20. The molecule has 2 saturated carbocycles. The van der Waals surface area contributed by atoms with Gasteiger partial charge < -0.3 is 14.4 Å². The predicted molar refractivity (Wildman–Crippen MR) is 167 cm³/mol. The predicted octanol–water partition coefficient (Wildman–Crippen LogP) is 5.70. The average molecular weight is 614 g/mol. The number of carboxylic acids is 1. The smallest absolute Gasteiger partial charge is 0.312 e. The van der Waals surface area contributed by atoms with Crippen LogP contribution in [0.1, 0.15) is 77.4 Å². The van der Waals surface area contributed by atoms with Gasteiger partial charge in [-0.25, -0.2) is 4.72 Å². The molecule has 1 aliphatic heterocycles. The number of hydrogen-bond acceptors (Lipinski definition) is 5. The Morgan fingerprint density at radius 3 is 2.52 bits per heavy atom. The van der Waals surface area contributed by atoms with Crippen molar-refractivity contribution in [1.82, 2.24) is 14.0 Å². The van der Waals surface area contributed by atoms with Gasteiger partial charge in [-0.15, -0.1) is 0 Å². The fraction of sp³-hybridized carbons (Fsp3) is 0.353. The summed E-state index contributed by atoms with van der Waals surface area (Å²) < 4.78 is 37.8. The second kappa shape index (κ2) is 10.8. The van der Waals surface area contributed by atoms with Crippen LogP contribution < -0.4 is 14.2 Å². The minimum absolute atomic E-state index is 0.0437. The number of aromatic nitrogens is 1. The maximum atomic E-state index is 13.3. The Bertz CT molecular complexity index is 1900. The molecule has 7 rings (SSSR count). The largest absolute Gasteiger partial charge is 0.497 e. The molecule has 2 aliphatic carbocycles. The van der Waals surface area contributed by atoms with E-state index in [4.69, 9.17) is 4.74 Å². The number of carboxylic acid groups (broad SMARTS) is 1. The highest BCUT2D eigenvalue weighted by atomic mass is 32.2. The minimum Gasteiger partial charge on any atom is -0.497 e. The van der Waals surface area contributed by atoms with Gasteiger partial charge in [0.25, 0.3) is 5.91 Å². The van der Waals surface area contributed by atoms with E-state index in [-0.39, 0.29) is 24.6 Å². The van der Waals surface area contributed by atoms with Crippen LogP contribution in [0.5, 0.6) is 5.75 Å². The first-order valence-corrected chi connectivity index (χ1v) is 16.6. The van der Waals surface area contributed by atoms with Crippen molar-refractivity contribution in [2.24, 2.45) is 5.41 Å². The van der Waals surface area contributed by atoms with E-state index in [1.165, 1.54) is 12.0 Å². The van der Waals surface area contributed by atoms with Crippen LogP contribution in [0.2, 0.25) is 0 Å². The van der Waals surface area contributed by atoms with E-state index >= 15 is 0 Å². The number of carbonyl (C=O) groups excluding carboxylic acids is 1. The maximum absolute atomic E-state index is 13.3. The minimum atomic E-state index is -4.13. The molecule has 2 fully saturated rings. The van der Waals surface area contributed by atoms with Gasteiger partial charge in [-0.05, 0) is 72.2 Å². The molecule has 3 aromatic carbocycles. The molecule has 3 aliphatic rings. The summed E-state index contributed by atoms with van der Waals surface area (Å²) in [6.45, 7) is 0.312. The van der Waals surface area contributed by atoms with E-state index in [2.05, 4.69) is 14.0 Å². The summed E-state index contributed by atoms with van der Waals surface area (Å²) in [4.78, 5) is 26.1. The van der Waals surface area contributed by atoms with Gasteiger partial charge in [0.2, 0.25) is 0 Å². The SMILES string of the molecule is COc1ccc2c(c1)C1CC1(C(=O)O)Cn1c-2c(C2CCCCC2)c2ccc(C(=O)NS(=O)(=O)NCc3ccccc3)cc21. The lowest BCUT2D eigenvalue weighted by molar-refractivity contribution is -0.144. The molecule has 1 aromatic heterocycles. The third kappa shape index (κ3) is 4.86. The van der Waals surface area contributed by atoms with Crippen molar-refractivity contribution in [3.63, 3.8) is 0 Å². The molecule has 10 heteroatoms. The van der Waals surface area contributed by atoms with E-state index in [1.54, 1.807) is 31.4 Å². The van der Waals surface area contributed by atoms with Crippen LogP contribution in [-0.2, 0) is 28.1 Å². The van der Waals surface area contributed by atoms with Crippen LogP contribution in [0, 0.1) is 5.41 Å². The lowest BCUT2D eigenvalue weighted by Crippen LogP contribution is -2.39. The lowest BCUT2D eigenvalue weighted by atomic mass is 9.81. The van der Waals surface area contributed by atoms with E-state index in [0.29, 0.717) is 18.1 Å². The van der Waals surface area contributed by atoms with Gasteiger partial charge in [0.05, 0.1) is 18.2 Å². The summed E-state index contributed by atoms with van der Waals surface area (Å²) in [5, 5.41) is 11.5. The van der Waals surface area contributed by atoms with E-state index in [9.17, 15) is 23.1 Å². The number of methoxy groups -OCH3 is 1. The average Bonchev–Trinajstić information content (AvgIpc) is 3.71. The molecular weight excluding hydrogens is 578 g/mol. The van der Waals surface area contributed by atoms with Crippen molar-refractivity contribution in [2.45, 2.75) is 63.5 Å². The molecule has 44 heavy (non-hydrogen) atoms. The Morgan fingerprint density at radius 2 is 1.80 bits per heavy atom. The second-order valence-electron chi connectivity index (χ2n) is 12.3. The summed E-state index contributed by atoms with van der Waals surface area (Å²) >= 11 is 0. The van der Waals surface area contributed by atoms with Gasteiger partial charge in [0.1, 0.15) is 5.75 Å². The Balaban J connectivity index is 1.33. The van der Waals surface area contributed by atoms with Crippen LogP contribution in [0.3, 0.4) is 0 Å². The van der Waals surface area contributed by atoms with Crippen molar-refractivity contribution in [3.8, 4) is 17.0 Å². The topological polar surface area (TPSA) is 127 Å². The van der Waals surface area contributed by atoms with E-state index < -0.39 is 27.5 Å². The molecule has 1 amide bonds. The van der Waals surface area contributed by atoms with Crippen LogP contribution >= 0.6 is 0 Å². The summed E-state index contributed by atoms with van der Waals surface area (Å²) in [5.74, 6) is -0.742. The molecule has 2 heterocycles. The van der Waals surface area contributed by atoms with Crippen LogP contribution in [-0.4, -0.2) is 37.1 Å². The van der Waals surface area contributed by atoms with Crippen LogP contribution in [0.4, 0.5) is 0 Å². The number of nitrogens with one attached hydrogen (secondary N) is 2. The lowest BCUT2D eigenvalue weighted by Gasteiger charge is -2.24. The number of fused-ring (bicyclic) bond motifs is 7. The second-order valence-corrected chi connectivity index (χ2v) is 13.8. The molecule has 2 unspecified atom stereocenters. The van der Waals surface area contributed by atoms with Crippen molar-refractivity contribution in [1.29, 1.82) is 0 Å².